The van der Waals surface area contributed by atoms with Gasteiger partial charge in [0.2, 0.25) is 0 Å². The fourth-order valence-electron chi connectivity index (χ4n) is 1.52. The molecule has 0 aliphatic heterocycles. The molecule has 5 heteroatoms. The van der Waals surface area contributed by atoms with Gasteiger partial charge in [-0.1, -0.05) is 13.8 Å². The average molecular weight is 239 g/mol. The Morgan fingerprint density at radius 2 is 2.12 bits per heavy atom. The van der Waals surface area contributed by atoms with Crippen LogP contribution in [0.25, 0.3) is 0 Å². The van der Waals surface area contributed by atoms with Crippen LogP contribution in [0.1, 0.15) is 36.4 Å². The smallest absolute Gasteiger partial charge is 0.326 e. The summed E-state index contributed by atoms with van der Waals surface area (Å²) in [4.78, 5) is 22.7. The Labute approximate surface area is 99.8 Å². The van der Waals surface area contributed by atoms with E-state index in [0.29, 0.717) is 12.0 Å². The van der Waals surface area contributed by atoms with Crippen molar-refractivity contribution in [2.75, 3.05) is 0 Å². The Morgan fingerprint density at radius 1 is 1.47 bits per heavy atom. The Kier molecular flexibility index (Phi) is 4.31. The van der Waals surface area contributed by atoms with Gasteiger partial charge in [-0.25, -0.2) is 4.79 Å². The molecule has 2 N–H and O–H groups in total. The van der Waals surface area contributed by atoms with Crippen molar-refractivity contribution in [3.63, 3.8) is 0 Å². The normalized spacial score (nSPS) is 12.5. The van der Waals surface area contributed by atoms with E-state index in [-0.39, 0.29) is 11.7 Å². The molecule has 1 aromatic rings. The van der Waals surface area contributed by atoms with E-state index in [1.807, 2.05) is 13.8 Å². The van der Waals surface area contributed by atoms with Crippen molar-refractivity contribution < 1.29 is 19.1 Å². The van der Waals surface area contributed by atoms with Crippen molar-refractivity contribution in [2.24, 2.45) is 5.92 Å². The molecule has 0 aliphatic rings. The van der Waals surface area contributed by atoms with Crippen LogP contribution in [0.3, 0.4) is 0 Å². The second-order valence-electron chi connectivity index (χ2n) is 4.43. The maximum Gasteiger partial charge on any atom is 0.326 e. The summed E-state index contributed by atoms with van der Waals surface area (Å²) in [6.45, 7) is 5.54. The van der Waals surface area contributed by atoms with Crippen LogP contribution < -0.4 is 5.32 Å². The number of carbonyl (C=O) groups excluding carboxylic acids is 1. The Bertz CT molecular complexity index is 408. The molecule has 0 aliphatic carbocycles. The number of aryl methyl sites for hydroxylation is 1. The van der Waals surface area contributed by atoms with Crippen molar-refractivity contribution in [1.29, 1.82) is 0 Å². The van der Waals surface area contributed by atoms with E-state index in [1.165, 1.54) is 6.26 Å². The number of hydrogen-bond acceptors (Lipinski definition) is 3. The number of carboxylic acids is 1. The van der Waals surface area contributed by atoms with Gasteiger partial charge in [0.05, 0.1) is 6.26 Å². The Hall–Kier alpha value is -1.78. The van der Waals surface area contributed by atoms with Gasteiger partial charge in [0.1, 0.15) is 6.04 Å². The highest BCUT2D eigenvalue weighted by atomic mass is 16.4. The van der Waals surface area contributed by atoms with Crippen molar-refractivity contribution in [3.8, 4) is 0 Å². The molecule has 0 saturated heterocycles. The van der Waals surface area contributed by atoms with E-state index in [1.54, 1.807) is 13.0 Å². The number of furan rings is 1. The first-order valence-electron chi connectivity index (χ1n) is 5.49. The van der Waals surface area contributed by atoms with Gasteiger partial charge in [-0.05, 0) is 25.3 Å². The van der Waals surface area contributed by atoms with Gasteiger partial charge < -0.3 is 14.8 Å². The van der Waals surface area contributed by atoms with E-state index in [2.05, 4.69) is 5.32 Å². The average Bonchev–Trinajstić information content (AvgIpc) is 2.62. The van der Waals surface area contributed by atoms with Crippen LogP contribution in [0.2, 0.25) is 0 Å². The lowest BCUT2D eigenvalue weighted by Gasteiger charge is -2.15. The van der Waals surface area contributed by atoms with Crippen molar-refractivity contribution in [1.82, 2.24) is 5.32 Å². The van der Waals surface area contributed by atoms with Crippen molar-refractivity contribution in [3.05, 3.63) is 23.7 Å². The summed E-state index contributed by atoms with van der Waals surface area (Å²) in [7, 11) is 0. The van der Waals surface area contributed by atoms with Gasteiger partial charge in [-0.3, -0.25) is 4.79 Å². The fourth-order valence-corrected chi connectivity index (χ4v) is 1.52. The maximum absolute atomic E-state index is 11.8. The molecule has 1 atom stereocenters. The molecule has 0 radical (unpaired) electrons. The second kappa shape index (κ2) is 5.52. The molecule has 1 amide bonds. The van der Waals surface area contributed by atoms with Crippen molar-refractivity contribution >= 4 is 11.9 Å². The number of carboxylic acid groups (broad SMARTS) is 1. The lowest BCUT2D eigenvalue weighted by Crippen LogP contribution is -2.41. The quantitative estimate of drug-likeness (QED) is 0.821. The second-order valence-corrected chi connectivity index (χ2v) is 4.43. The molecule has 17 heavy (non-hydrogen) atoms. The summed E-state index contributed by atoms with van der Waals surface area (Å²) < 4.78 is 5.01. The van der Waals surface area contributed by atoms with E-state index < -0.39 is 17.9 Å². The fraction of sp³-hybridized carbons (Fsp3) is 0.500. The number of aliphatic carboxylic acids is 1. The van der Waals surface area contributed by atoms with Crippen LogP contribution >= 0.6 is 0 Å². The van der Waals surface area contributed by atoms with Gasteiger partial charge >= 0.3 is 5.97 Å². The molecule has 0 bridgehead atoms. The summed E-state index contributed by atoms with van der Waals surface area (Å²) in [6.07, 6.45) is 1.79. The molecule has 0 spiro atoms. The lowest BCUT2D eigenvalue weighted by atomic mass is 10.0. The van der Waals surface area contributed by atoms with Crippen LogP contribution in [0.4, 0.5) is 0 Å². The number of rotatable bonds is 5. The van der Waals surface area contributed by atoms with Crippen LogP contribution in [0.5, 0.6) is 0 Å². The first-order valence-corrected chi connectivity index (χ1v) is 5.49. The van der Waals surface area contributed by atoms with E-state index >= 15 is 0 Å². The molecular weight excluding hydrogens is 222 g/mol. The molecular formula is C12H17NO4. The predicted octanol–water partition coefficient (Wildman–Crippen LogP) is 1.82. The van der Waals surface area contributed by atoms with Crippen LogP contribution in [0, 0.1) is 12.8 Å². The minimum absolute atomic E-state index is 0.167. The van der Waals surface area contributed by atoms with Crippen LogP contribution in [0.15, 0.2) is 16.7 Å². The third kappa shape index (κ3) is 3.62. The Morgan fingerprint density at radius 3 is 2.53 bits per heavy atom. The minimum Gasteiger partial charge on any atom is -0.480 e. The molecule has 5 nitrogen and oxygen atoms in total. The Balaban J connectivity index is 2.71. The molecule has 94 valence electrons. The lowest BCUT2D eigenvalue weighted by molar-refractivity contribution is -0.139. The zero-order chi connectivity index (χ0) is 13.0. The SMILES string of the molecule is Cc1ccoc1C(=O)N[C@@H](CC(C)C)C(=O)O. The van der Waals surface area contributed by atoms with Gasteiger partial charge in [-0.2, -0.15) is 0 Å². The maximum atomic E-state index is 11.8. The van der Waals surface area contributed by atoms with E-state index in [9.17, 15) is 9.59 Å². The highest BCUT2D eigenvalue weighted by Crippen LogP contribution is 2.10. The molecule has 1 heterocycles. The molecule has 1 rings (SSSR count). The summed E-state index contributed by atoms with van der Waals surface area (Å²) in [5, 5.41) is 11.5. The zero-order valence-electron chi connectivity index (χ0n) is 10.2. The largest absolute Gasteiger partial charge is 0.480 e. The number of hydrogen-bond donors (Lipinski definition) is 2. The van der Waals surface area contributed by atoms with Gasteiger partial charge in [-0.15, -0.1) is 0 Å². The minimum atomic E-state index is -1.03. The van der Waals surface area contributed by atoms with Gasteiger partial charge in [0.25, 0.3) is 5.91 Å². The third-order valence-electron chi connectivity index (χ3n) is 2.38. The summed E-state index contributed by atoms with van der Waals surface area (Å²) in [5.41, 5.74) is 0.691. The number of amides is 1. The van der Waals surface area contributed by atoms with Gasteiger partial charge in [0.15, 0.2) is 5.76 Å². The van der Waals surface area contributed by atoms with E-state index in [4.69, 9.17) is 9.52 Å². The topological polar surface area (TPSA) is 79.5 Å². The first-order chi connectivity index (χ1) is 7.91. The number of carbonyl (C=O) groups is 2. The summed E-state index contributed by atoms with van der Waals surface area (Å²) in [5.74, 6) is -1.16. The van der Waals surface area contributed by atoms with Crippen LogP contribution in [-0.2, 0) is 4.79 Å². The zero-order valence-corrected chi connectivity index (χ0v) is 10.2. The monoisotopic (exact) mass is 239 g/mol. The molecule has 0 saturated carbocycles. The highest BCUT2D eigenvalue weighted by Gasteiger charge is 2.23. The number of nitrogens with one attached hydrogen (secondary N) is 1. The summed E-state index contributed by atoms with van der Waals surface area (Å²) >= 11 is 0. The molecule has 0 aromatic carbocycles. The summed E-state index contributed by atoms with van der Waals surface area (Å²) in [6, 6.07) is 0.777. The predicted molar refractivity (Wildman–Crippen MR) is 61.8 cm³/mol. The molecule has 0 fully saturated rings. The van der Waals surface area contributed by atoms with Crippen LogP contribution in [-0.4, -0.2) is 23.0 Å². The van der Waals surface area contributed by atoms with Crippen molar-refractivity contribution in [2.45, 2.75) is 33.2 Å². The standard InChI is InChI=1S/C12H17NO4/c1-7(2)6-9(12(15)16)13-11(14)10-8(3)4-5-17-10/h4-5,7,9H,6H2,1-3H3,(H,13,14)(H,15,16)/t9-/m0/s1. The van der Waals surface area contributed by atoms with E-state index in [0.717, 1.165) is 0 Å². The molecule has 1 aromatic heterocycles. The first kappa shape index (κ1) is 13.3. The van der Waals surface area contributed by atoms with Gasteiger partial charge in [0, 0.05) is 5.56 Å². The highest BCUT2D eigenvalue weighted by molar-refractivity contribution is 5.95. The molecule has 0 unspecified atom stereocenters. The third-order valence-corrected chi connectivity index (χ3v) is 2.38.